The first-order chi connectivity index (χ1) is 6.72. The van der Waals surface area contributed by atoms with Crippen molar-refractivity contribution in [2.45, 2.75) is 6.42 Å². The van der Waals surface area contributed by atoms with Gasteiger partial charge in [-0.3, -0.25) is 8.74 Å². The Kier molecular flexibility index (Phi) is 4.58. The molecule has 0 aliphatic rings. The number of hydrogen-bond donors (Lipinski definition) is 1. The fourth-order valence-corrected chi connectivity index (χ4v) is 1.28. The van der Waals surface area contributed by atoms with Crippen LogP contribution >= 0.6 is 0 Å². The van der Waals surface area contributed by atoms with Crippen LogP contribution in [0.5, 0.6) is 5.75 Å². The standard InChI is InChI=1S/C9H12O4S/c1-12-9-4-2-3-8(7-9)5-6-13-14(10)11/h2-4,7H,5-6H2,1H3,(H,10,11). The summed E-state index contributed by atoms with van der Waals surface area (Å²) in [5.74, 6) is 0.771. The van der Waals surface area contributed by atoms with Gasteiger partial charge in [0.05, 0.1) is 13.7 Å². The van der Waals surface area contributed by atoms with E-state index in [4.69, 9.17) is 9.29 Å². The number of rotatable bonds is 5. The predicted octanol–water partition coefficient (Wildman–Crippen LogP) is 1.39. The van der Waals surface area contributed by atoms with Crippen LogP contribution in [0.1, 0.15) is 5.56 Å². The first-order valence-electron chi connectivity index (χ1n) is 4.09. The van der Waals surface area contributed by atoms with E-state index < -0.39 is 11.4 Å². The SMILES string of the molecule is COc1cccc(CCOS(=O)O)c1. The van der Waals surface area contributed by atoms with E-state index in [-0.39, 0.29) is 6.61 Å². The molecule has 0 spiro atoms. The molecule has 0 bridgehead atoms. The van der Waals surface area contributed by atoms with E-state index in [1.54, 1.807) is 7.11 Å². The lowest BCUT2D eigenvalue weighted by Crippen LogP contribution is -2.00. The Bertz CT molecular complexity index is 313. The van der Waals surface area contributed by atoms with Crippen LogP contribution in [0.25, 0.3) is 0 Å². The summed E-state index contributed by atoms with van der Waals surface area (Å²) in [6.07, 6.45) is 0.587. The summed E-state index contributed by atoms with van der Waals surface area (Å²) in [7, 11) is 1.60. The fraction of sp³-hybridized carbons (Fsp3) is 0.333. The fourth-order valence-electron chi connectivity index (χ4n) is 1.06. The highest BCUT2D eigenvalue weighted by Gasteiger charge is 1.97. The zero-order valence-electron chi connectivity index (χ0n) is 7.80. The second kappa shape index (κ2) is 5.74. The average Bonchev–Trinajstić information content (AvgIpc) is 2.18. The Hall–Kier alpha value is -0.910. The highest BCUT2D eigenvalue weighted by Crippen LogP contribution is 2.12. The van der Waals surface area contributed by atoms with Crippen LogP contribution in [0.2, 0.25) is 0 Å². The second-order valence-electron chi connectivity index (χ2n) is 2.64. The maximum absolute atomic E-state index is 10.2. The zero-order valence-corrected chi connectivity index (χ0v) is 8.62. The van der Waals surface area contributed by atoms with Crippen molar-refractivity contribution in [2.75, 3.05) is 13.7 Å². The van der Waals surface area contributed by atoms with Gasteiger partial charge in [0.25, 0.3) is 0 Å². The zero-order chi connectivity index (χ0) is 10.4. The van der Waals surface area contributed by atoms with Gasteiger partial charge in [0.1, 0.15) is 5.75 Å². The van der Waals surface area contributed by atoms with Gasteiger partial charge in [-0.25, -0.2) is 0 Å². The van der Waals surface area contributed by atoms with E-state index in [0.717, 1.165) is 11.3 Å². The Morgan fingerprint density at radius 1 is 1.50 bits per heavy atom. The van der Waals surface area contributed by atoms with E-state index in [2.05, 4.69) is 4.18 Å². The van der Waals surface area contributed by atoms with Crippen molar-refractivity contribution in [1.29, 1.82) is 0 Å². The molecule has 0 heterocycles. The minimum Gasteiger partial charge on any atom is -0.497 e. The van der Waals surface area contributed by atoms with Crippen molar-refractivity contribution in [3.05, 3.63) is 29.8 Å². The third-order valence-corrected chi connectivity index (χ3v) is 2.08. The average molecular weight is 216 g/mol. The maximum atomic E-state index is 10.2. The van der Waals surface area contributed by atoms with E-state index in [1.165, 1.54) is 0 Å². The Labute approximate surface area is 85.3 Å². The van der Waals surface area contributed by atoms with Crippen molar-refractivity contribution in [3.63, 3.8) is 0 Å². The minimum atomic E-state index is -2.18. The Balaban J connectivity index is 2.46. The van der Waals surface area contributed by atoms with Crippen LogP contribution in [0, 0.1) is 0 Å². The molecule has 1 atom stereocenters. The minimum absolute atomic E-state index is 0.219. The van der Waals surface area contributed by atoms with Crippen molar-refractivity contribution in [1.82, 2.24) is 0 Å². The maximum Gasteiger partial charge on any atom is 0.301 e. The lowest BCUT2D eigenvalue weighted by atomic mass is 10.1. The molecule has 0 amide bonds. The molecule has 78 valence electrons. The molecule has 1 unspecified atom stereocenters. The van der Waals surface area contributed by atoms with Crippen LogP contribution in [-0.2, 0) is 22.0 Å². The molecule has 0 saturated heterocycles. The van der Waals surface area contributed by atoms with Crippen molar-refractivity contribution in [2.24, 2.45) is 0 Å². The topological polar surface area (TPSA) is 55.8 Å². The van der Waals surface area contributed by atoms with Crippen molar-refractivity contribution >= 4 is 11.4 Å². The molecule has 0 aliphatic carbocycles. The molecule has 0 aromatic heterocycles. The molecule has 0 fully saturated rings. The molecule has 1 aromatic rings. The van der Waals surface area contributed by atoms with Crippen molar-refractivity contribution in [3.8, 4) is 5.75 Å². The molecule has 14 heavy (non-hydrogen) atoms. The molecule has 1 rings (SSSR count). The molecule has 0 radical (unpaired) electrons. The molecule has 1 aromatic carbocycles. The van der Waals surface area contributed by atoms with Crippen LogP contribution < -0.4 is 4.74 Å². The van der Waals surface area contributed by atoms with Crippen LogP contribution in [0.15, 0.2) is 24.3 Å². The van der Waals surface area contributed by atoms with E-state index in [9.17, 15) is 4.21 Å². The number of hydrogen-bond acceptors (Lipinski definition) is 3. The molecule has 4 nitrogen and oxygen atoms in total. The summed E-state index contributed by atoms with van der Waals surface area (Å²) in [6.45, 7) is 0.219. The number of methoxy groups -OCH3 is 1. The monoisotopic (exact) mass is 216 g/mol. The third kappa shape index (κ3) is 3.87. The number of benzene rings is 1. The molecule has 0 aliphatic heterocycles. The van der Waals surface area contributed by atoms with E-state index >= 15 is 0 Å². The number of ether oxygens (including phenoxy) is 1. The quantitative estimate of drug-likeness (QED) is 0.756. The first-order valence-corrected chi connectivity index (χ1v) is 5.12. The predicted molar refractivity (Wildman–Crippen MR) is 53.4 cm³/mol. The third-order valence-electron chi connectivity index (χ3n) is 1.71. The van der Waals surface area contributed by atoms with Crippen LogP contribution in [0.3, 0.4) is 0 Å². The van der Waals surface area contributed by atoms with E-state index in [0.29, 0.717) is 6.42 Å². The summed E-state index contributed by atoms with van der Waals surface area (Å²) >= 11 is -2.18. The Morgan fingerprint density at radius 3 is 2.93 bits per heavy atom. The summed E-state index contributed by atoms with van der Waals surface area (Å²) in [6, 6.07) is 7.48. The lowest BCUT2D eigenvalue weighted by Gasteiger charge is -2.03. The first kappa shape index (κ1) is 11.2. The van der Waals surface area contributed by atoms with Crippen LogP contribution in [0.4, 0.5) is 0 Å². The lowest BCUT2D eigenvalue weighted by molar-refractivity contribution is 0.310. The molecular weight excluding hydrogens is 204 g/mol. The summed E-state index contributed by atoms with van der Waals surface area (Å²) in [5, 5.41) is 0. The highest BCUT2D eigenvalue weighted by molar-refractivity contribution is 7.74. The van der Waals surface area contributed by atoms with Gasteiger partial charge in [-0.2, -0.15) is 4.21 Å². The van der Waals surface area contributed by atoms with Gasteiger partial charge < -0.3 is 4.74 Å². The molecule has 1 N–H and O–H groups in total. The van der Waals surface area contributed by atoms with Gasteiger partial charge in [0.2, 0.25) is 0 Å². The molecule has 5 heteroatoms. The smallest absolute Gasteiger partial charge is 0.301 e. The second-order valence-corrected chi connectivity index (χ2v) is 3.31. The van der Waals surface area contributed by atoms with Gasteiger partial charge >= 0.3 is 11.4 Å². The normalized spacial score (nSPS) is 12.4. The summed E-state index contributed by atoms with van der Waals surface area (Å²) in [4.78, 5) is 0. The van der Waals surface area contributed by atoms with Gasteiger partial charge in [0.15, 0.2) is 0 Å². The molecule has 0 saturated carbocycles. The Morgan fingerprint density at radius 2 is 2.29 bits per heavy atom. The summed E-state index contributed by atoms with van der Waals surface area (Å²) in [5.41, 5.74) is 1.01. The summed E-state index contributed by atoms with van der Waals surface area (Å²) < 4.78 is 28.1. The van der Waals surface area contributed by atoms with Crippen molar-refractivity contribution < 1.29 is 17.7 Å². The van der Waals surface area contributed by atoms with Gasteiger partial charge in [0, 0.05) is 0 Å². The van der Waals surface area contributed by atoms with Crippen LogP contribution in [-0.4, -0.2) is 22.5 Å². The van der Waals surface area contributed by atoms with Gasteiger partial charge in [-0.05, 0) is 24.1 Å². The van der Waals surface area contributed by atoms with Gasteiger partial charge in [-0.1, -0.05) is 12.1 Å². The highest BCUT2D eigenvalue weighted by atomic mass is 32.2. The molecular formula is C9H12O4S. The van der Waals surface area contributed by atoms with Gasteiger partial charge in [-0.15, -0.1) is 0 Å². The van der Waals surface area contributed by atoms with E-state index in [1.807, 2.05) is 24.3 Å². The largest absolute Gasteiger partial charge is 0.497 e.